The van der Waals surface area contributed by atoms with Gasteiger partial charge in [0.2, 0.25) is 0 Å². The van der Waals surface area contributed by atoms with E-state index < -0.39 is 0 Å². The fraction of sp³-hybridized carbons (Fsp3) is 0.0820. The monoisotopic (exact) mass is 804 g/mol. The highest BCUT2D eigenvalue weighted by Crippen LogP contribution is 2.65. The molecular formula is C61H44N2. The molecule has 8 aromatic carbocycles. The lowest BCUT2D eigenvalue weighted by molar-refractivity contribution is 0.782. The van der Waals surface area contributed by atoms with E-state index in [9.17, 15) is 0 Å². The number of allylic oxidation sites excluding steroid dienone is 4. The normalized spacial score (nSPS) is 16.5. The quantitative estimate of drug-likeness (QED) is 0.163. The third kappa shape index (κ3) is 5.38. The van der Waals surface area contributed by atoms with E-state index in [-0.39, 0.29) is 5.41 Å². The molecule has 298 valence electrons. The van der Waals surface area contributed by atoms with Crippen molar-refractivity contribution in [3.8, 4) is 39.1 Å². The molecule has 13 rings (SSSR count). The summed E-state index contributed by atoms with van der Waals surface area (Å²) < 4.78 is 2.42. The van der Waals surface area contributed by atoms with Crippen LogP contribution in [0.1, 0.15) is 47.9 Å². The molecule has 0 saturated heterocycles. The molecule has 1 heterocycles. The Balaban J connectivity index is 0.870. The van der Waals surface area contributed by atoms with E-state index in [1.54, 1.807) is 0 Å². The second kappa shape index (κ2) is 14.2. The SMILES string of the molecule is C1=C2C(=CCC1)C1(c3ccccc32)c2ccccc2-c2ccc(N(c3ccccc3)c3ccc(-c4ccc(-c5ccc6c(c5)c5c(n6-c6ccccc6)=CCCC=5)cc4)cc3)cc21. The zero-order valence-electron chi connectivity index (χ0n) is 35.0. The second-order valence-corrected chi connectivity index (χ2v) is 17.4. The maximum absolute atomic E-state index is 2.53. The first-order valence-electron chi connectivity index (χ1n) is 22.5. The summed E-state index contributed by atoms with van der Waals surface area (Å²) in [6.07, 6.45) is 14.1. The van der Waals surface area contributed by atoms with Gasteiger partial charge in [0.25, 0.3) is 0 Å². The van der Waals surface area contributed by atoms with Gasteiger partial charge in [-0.2, -0.15) is 0 Å². The number of aromatic nitrogens is 1. The zero-order chi connectivity index (χ0) is 41.5. The summed E-state index contributed by atoms with van der Waals surface area (Å²) in [5.74, 6) is 0. The minimum absolute atomic E-state index is 0.349. The third-order valence-electron chi connectivity index (χ3n) is 14.1. The second-order valence-electron chi connectivity index (χ2n) is 17.4. The fourth-order valence-electron chi connectivity index (χ4n) is 11.4. The van der Waals surface area contributed by atoms with Gasteiger partial charge in [-0.25, -0.2) is 0 Å². The van der Waals surface area contributed by atoms with Gasteiger partial charge in [0, 0.05) is 38.7 Å². The van der Waals surface area contributed by atoms with Crippen LogP contribution in [0.2, 0.25) is 0 Å². The predicted octanol–water partition coefficient (Wildman–Crippen LogP) is 14.2. The topological polar surface area (TPSA) is 8.17 Å². The van der Waals surface area contributed by atoms with Crippen molar-refractivity contribution in [1.29, 1.82) is 0 Å². The van der Waals surface area contributed by atoms with Crippen LogP contribution in [-0.2, 0) is 5.41 Å². The number of hydrogen-bond donors (Lipinski definition) is 0. The van der Waals surface area contributed by atoms with Crippen LogP contribution in [0.5, 0.6) is 0 Å². The van der Waals surface area contributed by atoms with E-state index >= 15 is 0 Å². The summed E-state index contributed by atoms with van der Waals surface area (Å²) in [7, 11) is 0. The number of hydrogen-bond acceptors (Lipinski definition) is 1. The van der Waals surface area contributed by atoms with Crippen LogP contribution in [-0.4, -0.2) is 4.57 Å². The first-order chi connectivity index (χ1) is 31.3. The van der Waals surface area contributed by atoms with Crippen LogP contribution in [0.4, 0.5) is 17.1 Å². The van der Waals surface area contributed by atoms with Crippen LogP contribution in [0.15, 0.2) is 212 Å². The average molecular weight is 805 g/mol. The molecule has 0 aliphatic heterocycles. The van der Waals surface area contributed by atoms with Crippen molar-refractivity contribution in [3.05, 3.63) is 245 Å². The van der Waals surface area contributed by atoms with Gasteiger partial charge in [0.05, 0.1) is 10.9 Å². The van der Waals surface area contributed by atoms with E-state index in [0.29, 0.717) is 0 Å². The molecule has 2 heteroatoms. The molecule has 0 N–H and O–H groups in total. The third-order valence-corrected chi connectivity index (χ3v) is 14.1. The van der Waals surface area contributed by atoms with E-state index in [2.05, 4.69) is 228 Å². The molecule has 4 aliphatic rings. The standard InChI is InChI=1S/C61H44N2/c1-3-15-45(16-4-1)62(48-36-37-52-51-21-9-13-25-57(51)61(58(52)40-48)55-23-11-7-19-49(55)50-20-8-12-24-56(50)61)47-34-31-42(32-35-47)41-27-29-43(30-28-41)44-33-38-60-54(39-44)53-22-10-14-26-59(53)63(60)46-17-5-2-6-18-46/h1-7,9,11,13,15-40H,8,10,12,14H2. The van der Waals surface area contributed by atoms with Gasteiger partial charge in [-0.1, -0.05) is 158 Å². The Kier molecular flexibility index (Phi) is 8.11. The Labute approximate surface area is 368 Å². The highest BCUT2D eigenvalue weighted by Gasteiger charge is 2.53. The van der Waals surface area contributed by atoms with Crippen molar-refractivity contribution in [3.63, 3.8) is 0 Å². The molecule has 9 aromatic rings. The van der Waals surface area contributed by atoms with E-state index in [0.717, 1.165) is 42.7 Å². The van der Waals surface area contributed by atoms with Gasteiger partial charge in [0.15, 0.2) is 0 Å². The number of rotatable bonds is 6. The molecule has 63 heavy (non-hydrogen) atoms. The van der Waals surface area contributed by atoms with E-state index in [1.165, 1.54) is 93.9 Å². The largest absolute Gasteiger partial charge is 0.310 e. The van der Waals surface area contributed by atoms with Crippen molar-refractivity contribution in [2.45, 2.75) is 31.1 Å². The summed E-state index contributed by atoms with van der Waals surface area (Å²) in [5.41, 5.74) is 21.4. The molecule has 0 radical (unpaired) electrons. The van der Waals surface area contributed by atoms with Gasteiger partial charge < -0.3 is 9.47 Å². The smallest absolute Gasteiger partial charge is 0.0723 e. The minimum atomic E-state index is -0.349. The van der Waals surface area contributed by atoms with E-state index in [4.69, 9.17) is 0 Å². The summed E-state index contributed by atoms with van der Waals surface area (Å²) in [6.45, 7) is 0. The van der Waals surface area contributed by atoms with Crippen molar-refractivity contribution in [1.82, 2.24) is 4.57 Å². The number of fused-ring (bicyclic) bond motifs is 13. The Bertz CT molecular complexity index is 3480. The first kappa shape index (κ1) is 36.0. The molecule has 4 aliphatic carbocycles. The van der Waals surface area contributed by atoms with Crippen LogP contribution < -0.4 is 15.5 Å². The molecule has 1 atom stereocenters. The zero-order valence-corrected chi connectivity index (χ0v) is 35.0. The molecule has 0 fully saturated rings. The fourth-order valence-corrected chi connectivity index (χ4v) is 11.4. The van der Waals surface area contributed by atoms with Crippen LogP contribution in [0.25, 0.3) is 67.7 Å². The number of anilines is 3. The highest BCUT2D eigenvalue weighted by atomic mass is 15.1. The molecule has 0 amide bonds. The van der Waals surface area contributed by atoms with Gasteiger partial charge in [-0.05, 0) is 153 Å². The average Bonchev–Trinajstić information content (AvgIpc) is 3.96. The molecule has 1 aromatic heterocycles. The molecule has 0 bridgehead atoms. The summed E-state index contributed by atoms with van der Waals surface area (Å²) in [6, 6.07) is 72.2. The highest BCUT2D eigenvalue weighted by molar-refractivity contribution is 6.01. The lowest BCUT2D eigenvalue weighted by atomic mass is 9.69. The summed E-state index contributed by atoms with van der Waals surface area (Å²) in [4.78, 5) is 2.42. The number of para-hydroxylation sites is 2. The van der Waals surface area contributed by atoms with Gasteiger partial charge >= 0.3 is 0 Å². The van der Waals surface area contributed by atoms with Crippen molar-refractivity contribution >= 4 is 45.7 Å². The Morgan fingerprint density at radius 2 is 0.952 bits per heavy atom. The van der Waals surface area contributed by atoms with Crippen molar-refractivity contribution in [2.24, 2.45) is 0 Å². The van der Waals surface area contributed by atoms with Gasteiger partial charge in [-0.3, -0.25) is 0 Å². The Morgan fingerprint density at radius 1 is 0.397 bits per heavy atom. The van der Waals surface area contributed by atoms with Crippen LogP contribution in [0, 0.1) is 0 Å². The van der Waals surface area contributed by atoms with E-state index in [1.807, 2.05) is 0 Å². The van der Waals surface area contributed by atoms with Crippen molar-refractivity contribution < 1.29 is 0 Å². The maximum atomic E-state index is 2.53. The lowest BCUT2D eigenvalue weighted by Crippen LogP contribution is -2.30. The molecule has 0 saturated carbocycles. The number of nitrogens with zero attached hydrogens (tertiary/aromatic N) is 2. The number of benzene rings is 8. The molecule has 1 spiro atoms. The van der Waals surface area contributed by atoms with Crippen molar-refractivity contribution in [2.75, 3.05) is 4.90 Å². The predicted molar refractivity (Wildman–Crippen MR) is 263 cm³/mol. The summed E-state index contributed by atoms with van der Waals surface area (Å²) >= 11 is 0. The maximum Gasteiger partial charge on any atom is 0.0723 e. The Hall–Kier alpha value is -7.68. The van der Waals surface area contributed by atoms with Crippen LogP contribution in [0.3, 0.4) is 0 Å². The van der Waals surface area contributed by atoms with Crippen LogP contribution >= 0.6 is 0 Å². The van der Waals surface area contributed by atoms with Gasteiger partial charge in [0.1, 0.15) is 0 Å². The summed E-state index contributed by atoms with van der Waals surface area (Å²) in [5, 5.41) is 3.97. The molecule has 2 nitrogen and oxygen atoms in total. The minimum Gasteiger partial charge on any atom is -0.310 e. The first-order valence-corrected chi connectivity index (χ1v) is 22.5. The lowest BCUT2D eigenvalue weighted by Gasteiger charge is -2.33. The van der Waals surface area contributed by atoms with Gasteiger partial charge in [-0.15, -0.1) is 0 Å². The molecular weight excluding hydrogens is 761 g/mol. The Morgan fingerprint density at radius 3 is 1.73 bits per heavy atom. The molecule has 1 unspecified atom stereocenters.